The van der Waals surface area contributed by atoms with Gasteiger partial charge in [-0.2, -0.15) is 0 Å². The molecule has 0 bridgehead atoms. The molecule has 0 amide bonds. The molecule has 0 fully saturated rings. The van der Waals surface area contributed by atoms with Gasteiger partial charge in [-0.05, 0) is 18.9 Å². The van der Waals surface area contributed by atoms with E-state index in [4.69, 9.17) is 0 Å². The van der Waals surface area contributed by atoms with Crippen molar-refractivity contribution in [2.24, 2.45) is 0 Å². The van der Waals surface area contributed by atoms with Crippen LogP contribution in [-0.2, 0) is 0 Å². The van der Waals surface area contributed by atoms with Crippen LogP contribution < -0.4 is 0 Å². The van der Waals surface area contributed by atoms with E-state index in [1.807, 2.05) is 0 Å². The van der Waals surface area contributed by atoms with Gasteiger partial charge < -0.3 is 0 Å². The lowest BCUT2D eigenvalue weighted by molar-refractivity contribution is 0.680. The van der Waals surface area contributed by atoms with Crippen LogP contribution in [0.3, 0.4) is 0 Å². The molecule has 0 saturated heterocycles. The van der Waals surface area contributed by atoms with Gasteiger partial charge in [0.05, 0.1) is 0 Å². The summed E-state index contributed by atoms with van der Waals surface area (Å²) in [6.07, 6.45) is 6.10. The number of hydrogen-bond donors (Lipinski definition) is 0. The van der Waals surface area contributed by atoms with Gasteiger partial charge in [0.15, 0.2) is 0 Å². The molecule has 1 aromatic rings. The molecule has 0 spiro atoms. The van der Waals surface area contributed by atoms with Crippen molar-refractivity contribution in [3.8, 4) is 11.8 Å². The monoisotopic (exact) mass is 226 g/mol. The van der Waals surface area contributed by atoms with Crippen LogP contribution in [-0.4, -0.2) is 0 Å². The summed E-state index contributed by atoms with van der Waals surface area (Å²) in [5.74, 6) is 6.36. The van der Waals surface area contributed by atoms with Crippen molar-refractivity contribution < 1.29 is 0 Å². The Balaban J connectivity index is 2.39. The van der Waals surface area contributed by atoms with Crippen LogP contribution >= 0.6 is 0 Å². The van der Waals surface area contributed by atoms with Gasteiger partial charge in [-0.25, -0.2) is 0 Å². The second-order valence-corrected chi connectivity index (χ2v) is 4.46. The van der Waals surface area contributed by atoms with Crippen LogP contribution in [0.5, 0.6) is 0 Å². The van der Waals surface area contributed by atoms with Gasteiger partial charge in [0.25, 0.3) is 0 Å². The van der Waals surface area contributed by atoms with Gasteiger partial charge in [-0.15, -0.1) is 0 Å². The van der Waals surface area contributed by atoms with Crippen LogP contribution in [0, 0.1) is 18.8 Å². The molecule has 0 nitrogen and oxygen atoms in total. The first kappa shape index (κ1) is 13.6. The molecule has 0 saturated carbocycles. The number of allylic oxidation sites excluding steroid dienone is 1. The Labute approximate surface area is 106 Å². The van der Waals surface area contributed by atoms with Crippen LogP contribution in [0.1, 0.15) is 50.2 Å². The molecule has 90 valence electrons. The highest BCUT2D eigenvalue weighted by Gasteiger charge is 1.93. The number of aryl methyl sites for hydroxylation is 1. The topological polar surface area (TPSA) is 0 Å². The van der Waals surface area contributed by atoms with Gasteiger partial charge in [-0.1, -0.05) is 74.4 Å². The Morgan fingerprint density at radius 2 is 1.82 bits per heavy atom. The van der Waals surface area contributed by atoms with Gasteiger partial charge in [-0.3, -0.25) is 0 Å². The Hall–Kier alpha value is -1.48. The second kappa shape index (κ2) is 7.74. The fraction of sp³-hybridized carbons (Fsp3) is 0.412. The van der Waals surface area contributed by atoms with E-state index in [1.54, 1.807) is 0 Å². The molecule has 0 unspecified atom stereocenters. The third kappa shape index (κ3) is 5.41. The first-order valence-corrected chi connectivity index (χ1v) is 6.49. The van der Waals surface area contributed by atoms with Crippen molar-refractivity contribution in [2.75, 3.05) is 0 Å². The summed E-state index contributed by atoms with van der Waals surface area (Å²) in [5, 5.41) is 0. The predicted octanol–water partition coefficient (Wildman–Crippen LogP) is 4.98. The molecule has 0 aromatic heterocycles. The Bertz CT molecular complexity index is 398. The summed E-state index contributed by atoms with van der Waals surface area (Å²) in [7, 11) is 0. The van der Waals surface area contributed by atoms with E-state index in [0.717, 1.165) is 17.6 Å². The van der Waals surface area contributed by atoms with E-state index in [2.05, 4.69) is 56.5 Å². The van der Waals surface area contributed by atoms with Crippen molar-refractivity contribution in [3.63, 3.8) is 0 Å². The minimum Gasteiger partial charge on any atom is -0.0979 e. The smallest absolute Gasteiger partial charge is 0.0245 e. The van der Waals surface area contributed by atoms with E-state index in [-0.39, 0.29) is 0 Å². The molecule has 0 N–H and O–H groups in total. The predicted molar refractivity (Wildman–Crippen MR) is 76.7 cm³/mol. The number of benzene rings is 1. The zero-order chi connectivity index (χ0) is 12.5. The lowest BCUT2D eigenvalue weighted by Gasteiger charge is -1.98. The second-order valence-electron chi connectivity index (χ2n) is 4.46. The van der Waals surface area contributed by atoms with Gasteiger partial charge in [0.2, 0.25) is 0 Å². The van der Waals surface area contributed by atoms with Gasteiger partial charge in [0.1, 0.15) is 0 Å². The lowest BCUT2D eigenvalue weighted by Crippen LogP contribution is -1.80. The highest BCUT2D eigenvalue weighted by molar-refractivity contribution is 5.76. The molecule has 0 radical (unpaired) electrons. The largest absolute Gasteiger partial charge is 0.0979 e. The maximum atomic E-state index is 4.01. The minimum absolute atomic E-state index is 0.931. The maximum absolute atomic E-state index is 4.01. The van der Waals surface area contributed by atoms with Crippen molar-refractivity contribution in [2.45, 2.75) is 46.0 Å². The lowest BCUT2D eigenvalue weighted by atomic mass is 10.1. The number of unbranched alkanes of at least 4 members (excludes halogenated alkanes) is 4. The highest BCUT2D eigenvalue weighted by Crippen LogP contribution is 2.12. The normalized spacial score (nSPS) is 9.53. The Morgan fingerprint density at radius 3 is 2.47 bits per heavy atom. The number of hydrogen-bond acceptors (Lipinski definition) is 0. The SMILES string of the molecule is C=C(C#CCCCCCC)c1ccc(C)cc1. The van der Waals surface area contributed by atoms with E-state index in [0.29, 0.717) is 0 Å². The van der Waals surface area contributed by atoms with Crippen LogP contribution in [0.2, 0.25) is 0 Å². The molecule has 1 rings (SSSR count). The maximum Gasteiger partial charge on any atom is 0.0245 e. The molecule has 0 heterocycles. The van der Waals surface area contributed by atoms with Crippen molar-refractivity contribution in [3.05, 3.63) is 42.0 Å². The molecular formula is C17H22. The molecular weight excluding hydrogens is 204 g/mol. The summed E-state index contributed by atoms with van der Waals surface area (Å²) >= 11 is 0. The minimum atomic E-state index is 0.931. The first-order chi connectivity index (χ1) is 8.24. The molecule has 0 atom stereocenters. The van der Waals surface area contributed by atoms with Gasteiger partial charge in [0, 0.05) is 12.0 Å². The van der Waals surface area contributed by atoms with Crippen LogP contribution in [0.25, 0.3) is 5.57 Å². The molecule has 1 aromatic carbocycles. The molecule has 0 aliphatic carbocycles. The summed E-state index contributed by atoms with van der Waals surface area (Å²) in [4.78, 5) is 0. The summed E-state index contributed by atoms with van der Waals surface area (Å²) in [5.41, 5.74) is 3.34. The summed E-state index contributed by atoms with van der Waals surface area (Å²) in [6.45, 7) is 8.33. The number of rotatable bonds is 5. The van der Waals surface area contributed by atoms with Crippen molar-refractivity contribution >= 4 is 5.57 Å². The van der Waals surface area contributed by atoms with Crippen LogP contribution in [0.4, 0.5) is 0 Å². The highest BCUT2D eigenvalue weighted by atomic mass is 14.0. The first-order valence-electron chi connectivity index (χ1n) is 6.49. The summed E-state index contributed by atoms with van der Waals surface area (Å²) in [6, 6.07) is 8.37. The third-order valence-electron chi connectivity index (χ3n) is 2.79. The van der Waals surface area contributed by atoms with E-state index >= 15 is 0 Å². The fourth-order valence-corrected chi connectivity index (χ4v) is 1.64. The van der Waals surface area contributed by atoms with E-state index in [9.17, 15) is 0 Å². The molecule has 0 aliphatic rings. The van der Waals surface area contributed by atoms with Crippen molar-refractivity contribution in [1.82, 2.24) is 0 Å². The Morgan fingerprint density at radius 1 is 1.12 bits per heavy atom. The average molecular weight is 226 g/mol. The van der Waals surface area contributed by atoms with Crippen LogP contribution in [0.15, 0.2) is 30.8 Å². The van der Waals surface area contributed by atoms with E-state index < -0.39 is 0 Å². The molecule has 0 aliphatic heterocycles. The fourth-order valence-electron chi connectivity index (χ4n) is 1.64. The summed E-state index contributed by atoms with van der Waals surface area (Å²) < 4.78 is 0. The zero-order valence-corrected chi connectivity index (χ0v) is 11.1. The molecule has 0 heteroatoms. The standard InChI is InChI=1S/C17H22/c1-4-5-6-7-8-9-10-16(3)17-13-11-15(2)12-14-17/h11-14H,3-8H2,1-2H3. The molecule has 17 heavy (non-hydrogen) atoms. The quantitative estimate of drug-likeness (QED) is 0.490. The van der Waals surface area contributed by atoms with Crippen molar-refractivity contribution in [1.29, 1.82) is 0 Å². The van der Waals surface area contributed by atoms with E-state index in [1.165, 1.54) is 31.2 Å². The zero-order valence-electron chi connectivity index (χ0n) is 11.1. The third-order valence-corrected chi connectivity index (χ3v) is 2.79. The average Bonchev–Trinajstić information content (AvgIpc) is 2.34. The van der Waals surface area contributed by atoms with Gasteiger partial charge >= 0.3 is 0 Å². The Kier molecular flexibility index (Phi) is 6.18.